The van der Waals surface area contributed by atoms with Gasteiger partial charge in [0.15, 0.2) is 0 Å². The van der Waals surface area contributed by atoms with Crippen LogP contribution in [0, 0.1) is 20.8 Å². The molecule has 1 aromatic heterocycles. The fourth-order valence-corrected chi connectivity index (χ4v) is 3.06. The molecule has 0 aliphatic heterocycles. The fraction of sp³-hybridized carbons (Fsp3) is 0.333. The summed E-state index contributed by atoms with van der Waals surface area (Å²) in [5, 5.41) is 1.11. The van der Waals surface area contributed by atoms with E-state index in [4.69, 9.17) is 9.15 Å². The highest BCUT2D eigenvalue weighted by Gasteiger charge is 2.09. The van der Waals surface area contributed by atoms with Gasteiger partial charge in [-0.3, -0.25) is 0 Å². The van der Waals surface area contributed by atoms with Crippen LogP contribution in [0.1, 0.15) is 42.2 Å². The molecule has 2 heteroatoms. The highest BCUT2D eigenvalue weighted by atomic mass is 16.5. The van der Waals surface area contributed by atoms with E-state index in [9.17, 15) is 0 Å². The first-order valence-electron chi connectivity index (χ1n) is 8.35. The van der Waals surface area contributed by atoms with Crippen LogP contribution < -0.4 is 4.74 Å². The minimum atomic E-state index is 0.857. The molecule has 23 heavy (non-hydrogen) atoms. The number of ether oxygens (including phenoxy) is 1. The minimum Gasteiger partial charge on any atom is -0.461 e. The van der Waals surface area contributed by atoms with Crippen LogP contribution in [0.15, 0.2) is 40.8 Å². The first kappa shape index (κ1) is 15.7. The summed E-state index contributed by atoms with van der Waals surface area (Å²) in [6.07, 6.45) is 3.33. The van der Waals surface area contributed by atoms with Crippen LogP contribution in [0.5, 0.6) is 11.5 Å². The van der Waals surface area contributed by atoms with Gasteiger partial charge in [-0.05, 0) is 62.6 Å². The molecule has 3 aromatic rings. The summed E-state index contributed by atoms with van der Waals surface area (Å²) in [4.78, 5) is 0. The van der Waals surface area contributed by atoms with Gasteiger partial charge in [0.25, 0.3) is 0 Å². The van der Waals surface area contributed by atoms with Gasteiger partial charge in [-0.15, -0.1) is 0 Å². The van der Waals surface area contributed by atoms with Crippen molar-refractivity contribution in [3.63, 3.8) is 0 Å². The Bertz CT molecular complexity index is 804. The zero-order valence-electron chi connectivity index (χ0n) is 14.4. The van der Waals surface area contributed by atoms with Crippen LogP contribution in [0.3, 0.4) is 0 Å². The van der Waals surface area contributed by atoms with Crippen LogP contribution in [0.25, 0.3) is 11.0 Å². The van der Waals surface area contributed by atoms with Crippen molar-refractivity contribution in [2.45, 2.75) is 47.0 Å². The zero-order valence-corrected chi connectivity index (χ0v) is 14.4. The molecule has 0 saturated heterocycles. The lowest BCUT2D eigenvalue weighted by Gasteiger charge is -2.12. The van der Waals surface area contributed by atoms with E-state index in [1.807, 2.05) is 12.1 Å². The number of fused-ring (bicyclic) bond motifs is 1. The van der Waals surface area contributed by atoms with Gasteiger partial charge < -0.3 is 9.15 Å². The smallest absolute Gasteiger partial charge is 0.134 e. The molecule has 0 unspecified atom stereocenters. The molecule has 2 nitrogen and oxygen atoms in total. The van der Waals surface area contributed by atoms with Gasteiger partial charge in [-0.2, -0.15) is 0 Å². The van der Waals surface area contributed by atoms with E-state index < -0.39 is 0 Å². The van der Waals surface area contributed by atoms with E-state index >= 15 is 0 Å². The first-order chi connectivity index (χ1) is 11.1. The molecule has 0 N–H and O–H groups in total. The van der Waals surface area contributed by atoms with E-state index in [0.717, 1.165) is 41.1 Å². The molecule has 0 atom stereocenters. The molecular formula is C21H24O2. The second-order valence-corrected chi connectivity index (χ2v) is 6.35. The van der Waals surface area contributed by atoms with Gasteiger partial charge in [0.05, 0.1) is 0 Å². The lowest BCUT2D eigenvalue weighted by molar-refractivity contribution is 0.475. The summed E-state index contributed by atoms with van der Waals surface area (Å²) >= 11 is 0. The second kappa shape index (κ2) is 6.49. The number of furan rings is 1. The van der Waals surface area contributed by atoms with Crippen LogP contribution in [-0.2, 0) is 6.42 Å². The SMILES string of the molecule is CCCCc1cc2cc(Oc3c(C)cc(C)cc3C)ccc2o1. The third kappa shape index (κ3) is 3.42. The van der Waals surface area contributed by atoms with Crippen molar-refractivity contribution in [2.75, 3.05) is 0 Å². The molecule has 0 spiro atoms. The minimum absolute atomic E-state index is 0.857. The maximum atomic E-state index is 6.15. The standard InChI is InChI=1S/C21H24O2/c1-5-6-7-18-12-17-13-19(8-9-20(17)22-18)23-21-15(3)10-14(2)11-16(21)4/h8-13H,5-7H2,1-4H3. The summed E-state index contributed by atoms with van der Waals surface area (Å²) in [7, 11) is 0. The number of benzene rings is 2. The molecule has 120 valence electrons. The van der Waals surface area contributed by atoms with E-state index in [1.54, 1.807) is 0 Å². The first-order valence-corrected chi connectivity index (χ1v) is 8.35. The predicted octanol–water partition coefficient (Wildman–Crippen LogP) is 6.49. The molecule has 0 saturated carbocycles. The second-order valence-electron chi connectivity index (χ2n) is 6.35. The third-order valence-electron chi connectivity index (χ3n) is 4.14. The summed E-state index contributed by atoms with van der Waals surface area (Å²) in [5.41, 5.74) is 4.52. The monoisotopic (exact) mass is 308 g/mol. The Morgan fingerprint density at radius 1 is 0.957 bits per heavy atom. The molecule has 0 bridgehead atoms. The topological polar surface area (TPSA) is 22.4 Å². The maximum Gasteiger partial charge on any atom is 0.134 e. The number of aryl methyl sites for hydroxylation is 4. The molecule has 0 radical (unpaired) electrons. The van der Waals surface area contributed by atoms with E-state index in [-0.39, 0.29) is 0 Å². The van der Waals surface area contributed by atoms with Gasteiger partial charge in [0.1, 0.15) is 22.8 Å². The zero-order chi connectivity index (χ0) is 16.4. The Morgan fingerprint density at radius 3 is 2.39 bits per heavy atom. The summed E-state index contributed by atoms with van der Waals surface area (Å²) in [6, 6.07) is 12.5. The Morgan fingerprint density at radius 2 is 1.70 bits per heavy atom. The van der Waals surface area contributed by atoms with Crippen molar-refractivity contribution < 1.29 is 9.15 Å². The van der Waals surface area contributed by atoms with Gasteiger partial charge in [-0.25, -0.2) is 0 Å². The molecular weight excluding hydrogens is 284 g/mol. The quantitative estimate of drug-likeness (QED) is 0.537. The van der Waals surface area contributed by atoms with Crippen molar-refractivity contribution in [3.8, 4) is 11.5 Å². The molecule has 3 rings (SSSR count). The molecule has 1 heterocycles. The van der Waals surface area contributed by atoms with Crippen LogP contribution >= 0.6 is 0 Å². The Hall–Kier alpha value is -2.22. The van der Waals surface area contributed by atoms with Crippen molar-refractivity contribution >= 4 is 11.0 Å². The fourth-order valence-electron chi connectivity index (χ4n) is 3.06. The average Bonchev–Trinajstić information content (AvgIpc) is 2.90. The number of hydrogen-bond donors (Lipinski definition) is 0. The lowest BCUT2D eigenvalue weighted by Crippen LogP contribution is -1.92. The van der Waals surface area contributed by atoms with Crippen LogP contribution in [0.4, 0.5) is 0 Å². The van der Waals surface area contributed by atoms with Gasteiger partial charge in [0.2, 0.25) is 0 Å². The van der Waals surface area contributed by atoms with Crippen LogP contribution in [0.2, 0.25) is 0 Å². The number of unbranched alkanes of at least 4 members (excludes halogenated alkanes) is 1. The molecule has 0 fully saturated rings. The molecule has 2 aromatic carbocycles. The summed E-state index contributed by atoms with van der Waals surface area (Å²) < 4.78 is 12.0. The highest BCUT2D eigenvalue weighted by Crippen LogP contribution is 2.32. The van der Waals surface area contributed by atoms with E-state index in [2.05, 4.69) is 52.0 Å². The normalized spacial score (nSPS) is 11.1. The van der Waals surface area contributed by atoms with Crippen molar-refractivity contribution in [1.29, 1.82) is 0 Å². The van der Waals surface area contributed by atoms with E-state index in [1.165, 1.54) is 23.1 Å². The third-order valence-corrected chi connectivity index (χ3v) is 4.14. The lowest BCUT2D eigenvalue weighted by atomic mass is 10.1. The summed E-state index contributed by atoms with van der Waals surface area (Å²) in [5.74, 6) is 2.86. The van der Waals surface area contributed by atoms with E-state index in [0.29, 0.717) is 0 Å². The van der Waals surface area contributed by atoms with Gasteiger partial charge in [-0.1, -0.05) is 31.0 Å². The largest absolute Gasteiger partial charge is 0.461 e. The average molecular weight is 308 g/mol. The number of hydrogen-bond acceptors (Lipinski definition) is 2. The molecule has 0 aliphatic rings. The Kier molecular flexibility index (Phi) is 4.42. The molecule has 0 amide bonds. The number of rotatable bonds is 5. The van der Waals surface area contributed by atoms with Crippen molar-refractivity contribution in [2.24, 2.45) is 0 Å². The van der Waals surface area contributed by atoms with Crippen molar-refractivity contribution in [3.05, 3.63) is 58.8 Å². The van der Waals surface area contributed by atoms with Gasteiger partial charge >= 0.3 is 0 Å². The maximum absolute atomic E-state index is 6.15. The Labute approximate surface area is 138 Å². The van der Waals surface area contributed by atoms with Crippen molar-refractivity contribution in [1.82, 2.24) is 0 Å². The van der Waals surface area contributed by atoms with Crippen LogP contribution in [-0.4, -0.2) is 0 Å². The van der Waals surface area contributed by atoms with Gasteiger partial charge in [0, 0.05) is 11.8 Å². The predicted molar refractivity (Wildman–Crippen MR) is 95.6 cm³/mol. The summed E-state index contributed by atoms with van der Waals surface area (Å²) in [6.45, 7) is 8.49. The Balaban J connectivity index is 1.89. The highest BCUT2D eigenvalue weighted by molar-refractivity contribution is 5.79. The molecule has 0 aliphatic carbocycles.